The summed E-state index contributed by atoms with van der Waals surface area (Å²) in [5, 5.41) is 3.40. The molecule has 0 bridgehead atoms. The van der Waals surface area contributed by atoms with Crippen LogP contribution in [-0.2, 0) is 6.42 Å². The Kier molecular flexibility index (Phi) is 5.32. The topological polar surface area (TPSA) is 12.0 Å². The van der Waals surface area contributed by atoms with Crippen molar-refractivity contribution in [2.75, 3.05) is 6.54 Å². The van der Waals surface area contributed by atoms with Gasteiger partial charge >= 0.3 is 0 Å². The molecule has 0 heterocycles. The average molecular weight is 336 g/mol. The summed E-state index contributed by atoms with van der Waals surface area (Å²) in [6.07, 6.45) is 0.938. The van der Waals surface area contributed by atoms with E-state index in [1.165, 1.54) is 5.56 Å². The predicted octanol–water partition coefficient (Wildman–Crippen LogP) is 4.85. The molecule has 1 N–H and O–H groups in total. The van der Waals surface area contributed by atoms with Crippen LogP contribution < -0.4 is 5.32 Å². The maximum Gasteiger partial charge on any atom is 0.142 e. The minimum Gasteiger partial charge on any atom is -0.306 e. The fourth-order valence-corrected chi connectivity index (χ4v) is 2.85. The normalized spacial score (nSPS) is 12.4. The summed E-state index contributed by atoms with van der Waals surface area (Å²) < 4.78 is 14.9. The number of nitrogens with one attached hydrogen (secondary N) is 1. The molecule has 0 saturated heterocycles. The van der Waals surface area contributed by atoms with Crippen molar-refractivity contribution in [1.82, 2.24) is 5.32 Å². The van der Waals surface area contributed by atoms with Crippen LogP contribution in [-0.4, -0.2) is 6.54 Å². The fraction of sp³-hybridized carbons (Fsp3) is 0.294. The van der Waals surface area contributed by atoms with Crippen LogP contribution in [0.2, 0.25) is 0 Å². The summed E-state index contributed by atoms with van der Waals surface area (Å²) in [4.78, 5) is 0. The molecule has 2 aromatic rings. The Hall–Kier alpha value is -1.19. The third-order valence-corrected chi connectivity index (χ3v) is 4.06. The molecule has 1 nitrogen and oxygen atoms in total. The van der Waals surface area contributed by atoms with Crippen molar-refractivity contribution in [3.8, 4) is 0 Å². The van der Waals surface area contributed by atoms with Gasteiger partial charge in [-0.3, -0.25) is 0 Å². The minimum atomic E-state index is -0.190. The minimum absolute atomic E-state index is 0.117. The zero-order valence-corrected chi connectivity index (χ0v) is 13.4. The Bertz CT molecular complexity index is 583. The molecule has 20 heavy (non-hydrogen) atoms. The van der Waals surface area contributed by atoms with Gasteiger partial charge in [0.15, 0.2) is 0 Å². The standard InChI is InChI=1S/C17H19BrFN/c1-3-12-8-5-6-9-13(12)17(20-4-2)14-10-7-11-15(18)16(14)19/h5-11,17,20H,3-4H2,1-2H3. The number of halogens is 2. The van der Waals surface area contributed by atoms with E-state index in [-0.39, 0.29) is 11.9 Å². The van der Waals surface area contributed by atoms with Crippen molar-refractivity contribution >= 4 is 15.9 Å². The van der Waals surface area contributed by atoms with E-state index in [0.29, 0.717) is 10.0 Å². The molecule has 0 saturated carbocycles. The second kappa shape index (κ2) is 7.00. The molecule has 0 aliphatic carbocycles. The molecular formula is C17H19BrFN. The lowest BCUT2D eigenvalue weighted by Gasteiger charge is -2.22. The lowest BCUT2D eigenvalue weighted by Crippen LogP contribution is -2.24. The molecule has 1 atom stereocenters. The highest BCUT2D eigenvalue weighted by Crippen LogP contribution is 2.30. The molecular weight excluding hydrogens is 317 g/mol. The average Bonchev–Trinajstić information content (AvgIpc) is 2.48. The van der Waals surface area contributed by atoms with E-state index in [0.717, 1.165) is 18.5 Å². The van der Waals surface area contributed by atoms with Crippen LogP contribution in [0.4, 0.5) is 4.39 Å². The highest BCUT2D eigenvalue weighted by atomic mass is 79.9. The van der Waals surface area contributed by atoms with Crippen LogP contribution in [0.5, 0.6) is 0 Å². The lowest BCUT2D eigenvalue weighted by molar-refractivity contribution is 0.553. The summed E-state index contributed by atoms with van der Waals surface area (Å²) in [5.74, 6) is -0.190. The van der Waals surface area contributed by atoms with E-state index in [1.54, 1.807) is 6.07 Å². The lowest BCUT2D eigenvalue weighted by atomic mass is 9.93. The molecule has 0 aliphatic heterocycles. The van der Waals surface area contributed by atoms with E-state index >= 15 is 0 Å². The molecule has 106 valence electrons. The molecule has 0 fully saturated rings. The number of hydrogen-bond acceptors (Lipinski definition) is 1. The summed E-state index contributed by atoms with van der Waals surface area (Å²) in [5.41, 5.74) is 3.08. The maximum absolute atomic E-state index is 14.4. The van der Waals surface area contributed by atoms with Crippen molar-refractivity contribution < 1.29 is 4.39 Å². The maximum atomic E-state index is 14.4. The molecule has 0 amide bonds. The molecule has 0 aromatic heterocycles. The summed E-state index contributed by atoms with van der Waals surface area (Å²) >= 11 is 3.27. The van der Waals surface area contributed by atoms with E-state index in [1.807, 2.05) is 31.2 Å². The van der Waals surface area contributed by atoms with Gasteiger partial charge in [-0.05, 0) is 46.1 Å². The quantitative estimate of drug-likeness (QED) is 0.823. The number of hydrogen-bond donors (Lipinski definition) is 1. The molecule has 0 radical (unpaired) electrons. The predicted molar refractivity (Wildman–Crippen MR) is 85.4 cm³/mol. The molecule has 3 heteroatoms. The first kappa shape index (κ1) is 15.2. The van der Waals surface area contributed by atoms with Crippen molar-refractivity contribution in [2.45, 2.75) is 26.3 Å². The van der Waals surface area contributed by atoms with Crippen molar-refractivity contribution in [1.29, 1.82) is 0 Å². The van der Waals surface area contributed by atoms with Gasteiger partial charge in [-0.1, -0.05) is 50.2 Å². The molecule has 1 unspecified atom stereocenters. The molecule has 2 aromatic carbocycles. The van der Waals surface area contributed by atoms with Crippen LogP contribution in [0.15, 0.2) is 46.9 Å². The second-order valence-electron chi connectivity index (χ2n) is 4.69. The van der Waals surface area contributed by atoms with Crippen molar-refractivity contribution in [2.24, 2.45) is 0 Å². The van der Waals surface area contributed by atoms with Crippen LogP contribution in [0.25, 0.3) is 0 Å². The summed E-state index contributed by atoms with van der Waals surface area (Å²) in [7, 11) is 0. The van der Waals surface area contributed by atoms with Gasteiger partial charge in [0.1, 0.15) is 5.82 Å². The number of benzene rings is 2. The van der Waals surface area contributed by atoms with E-state index < -0.39 is 0 Å². The molecule has 0 spiro atoms. The Morgan fingerprint density at radius 1 is 1.05 bits per heavy atom. The summed E-state index contributed by atoms with van der Waals surface area (Å²) in [6, 6.07) is 13.6. The van der Waals surface area contributed by atoms with Gasteiger partial charge in [0.2, 0.25) is 0 Å². The monoisotopic (exact) mass is 335 g/mol. The van der Waals surface area contributed by atoms with Gasteiger partial charge in [0.05, 0.1) is 10.5 Å². The highest BCUT2D eigenvalue weighted by molar-refractivity contribution is 9.10. The first-order valence-electron chi connectivity index (χ1n) is 6.94. The third-order valence-electron chi connectivity index (χ3n) is 3.45. The van der Waals surface area contributed by atoms with E-state index in [9.17, 15) is 4.39 Å². The van der Waals surface area contributed by atoms with Crippen LogP contribution in [0.3, 0.4) is 0 Å². The van der Waals surface area contributed by atoms with Crippen molar-refractivity contribution in [3.05, 3.63) is 69.4 Å². The Morgan fingerprint density at radius 3 is 2.45 bits per heavy atom. The largest absolute Gasteiger partial charge is 0.306 e. The zero-order chi connectivity index (χ0) is 14.5. The van der Waals surface area contributed by atoms with Crippen LogP contribution >= 0.6 is 15.9 Å². The number of aryl methyl sites for hydroxylation is 1. The Labute approximate surface area is 128 Å². The SMILES string of the molecule is CCNC(c1ccccc1CC)c1cccc(Br)c1F. The van der Waals surface area contributed by atoms with Gasteiger partial charge in [0, 0.05) is 5.56 Å². The smallest absolute Gasteiger partial charge is 0.142 e. The van der Waals surface area contributed by atoms with Crippen molar-refractivity contribution in [3.63, 3.8) is 0 Å². The van der Waals surface area contributed by atoms with Gasteiger partial charge in [0.25, 0.3) is 0 Å². The third kappa shape index (κ3) is 3.10. The fourth-order valence-electron chi connectivity index (χ4n) is 2.47. The summed E-state index contributed by atoms with van der Waals surface area (Å²) in [6.45, 7) is 4.95. The van der Waals surface area contributed by atoms with Gasteiger partial charge in [-0.15, -0.1) is 0 Å². The Morgan fingerprint density at radius 2 is 1.75 bits per heavy atom. The van der Waals surface area contributed by atoms with Crippen LogP contribution in [0.1, 0.15) is 36.6 Å². The van der Waals surface area contributed by atoms with E-state index in [4.69, 9.17) is 0 Å². The Balaban J connectivity index is 2.53. The van der Waals surface area contributed by atoms with Gasteiger partial charge in [-0.25, -0.2) is 4.39 Å². The van der Waals surface area contributed by atoms with Gasteiger partial charge < -0.3 is 5.32 Å². The van der Waals surface area contributed by atoms with Gasteiger partial charge in [-0.2, -0.15) is 0 Å². The highest BCUT2D eigenvalue weighted by Gasteiger charge is 2.20. The van der Waals surface area contributed by atoms with E-state index in [2.05, 4.69) is 40.3 Å². The molecule has 0 aliphatic rings. The first-order valence-corrected chi connectivity index (χ1v) is 7.73. The molecule has 2 rings (SSSR count). The second-order valence-corrected chi connectivity index (χ2v) is 5.54. The van der Waals surface area contributed by atoms with Crippen LogP contribution in [0, 0.1) is 5.82 Å². The zero-order valence-electron chi connectivity index (χ0n) is 11.8. The first-order chi connectivity index (χ1) is 9.69. The number of rotatable bonds is 5.